The number of hydrogen-bond donors (Lipinski definition) is 0. The predicted octanol–water partition coefficient (Wildman–Crippen LogP) is 0.254. The van der Waals surface area contributed by atoms with Crippen LogP contribution < -0.4 is 0 Å². The van der Waals surface area contributed by atoms with Crippen molar-refractivity contribution in [3.8, 4) is 0 Å². The minimum absolute atomic E-state index is 0.119. The molecule has 0 N–H and O–H groups in total. The van der Waals surface area contributed by atoms with E-state index in [2.05, 4.69) is 0 Å². The van der Waals surface area contributed by atoms with Gasteiger partial charge in [0.25, 0.3) is 0 Å². The highest BCUT2D eigenvalue weighted by atomic mass is 16.5. The van der Waals surface area contributed by atoms with Crippen LogP contribution in [0.25, 0.3) is 0 Å². The number of rotatable bonds is 3. The van der Waals surface area contributed by atoms with Crippen molar-refractivity contribution in [3.63, 3.8) is 0 Å². The molecule has 1 amide bonds. The summed E-state index contributed by atoms with van der Waals surface area (Å²) in [7, 11) is 0. The summed E-state index contributed by atoms with van der Waals surface area (Å²) < 4.78 is 5.11. The molecule has 1 rings (SSSR count). The van der Waals surface area contributed by atoms with Gasteiger partial charge >= 0.3 is 0 Å². The SMILES string of the molecule is CC(C)OCC(=O)N1CC1. The van der Waals surface area contributed by atoms with E-state index in [-0.39, 0.29) is 18.6 Å². The van der Waals surface area contributed by atoms with Gasteiger partial charge in [-0.15, -0.1) is 0 Å². The Morgan fingerprint density at radius 1 is 1.60 bits per heavy atom. The molecule has 0 aromatic rings. The van der Waals surface area contributed by atoms with Gasteiger partial charge in [0.1, 0.15) is 6.61 Å². The molecule has 3 nitrogen and oxygen atoms in total. The van der Waals surface area contributed by atoms with Crippen LogP contribution in [0.3, 0.4) is 0 Å². The Balaban J connectivity index is 2.06. The summed E-state index contributed by atoms with van der Waals surface area (Å²) >= 11 is 0. The fourth-order valence-electron chi connectivity index (χ4n) is 0.629. The average molecular weight is 143 g/mol. The normalized spacial score (nSPS) is 16.1. The third kappa shape index (κ3) is 2.35. The summed E-state index contributed by atoms with van der Waals surface area (Å²) in [6.45, 7) is 5.93. The number of hydrogen-bond acceptors (Lipinski definition) is 2. The topological polar surface area (TPSA) is 29.3 Å². The van der Waals surface area contributed by atoms with Crippen molar-refractivity contribution in [3.05, 3.63) is 0 Å². The molecule has 58 valence electrons. The van der Waals surface area contributed by atoms with Crippen molar-refractivity contribution in [2.45, 2.75) is 20.0 Å². The molecular formula is C7H13NO2. The second kappa shape index (κ2) is 3.01. The zero-order valence-corrected chi connectivity index (χ0v) is 6.46. The van der Waals surface area contributed by atoms with Crippen LogP contribution in [0.15, 0.2) is 0 Å². The molecule has 0 bridgehead atoms. The van der Waals surface area contributed by atoms with Crippen LogP contribution in [0.4, 0.5) is 0 Å². The van der Waals surface area contributed by atoms with E-state index in [0.717, 1.165) is 13.1 Å². The van der Waals surface area contributed by atoms with Crippen LogP contribution >= 0.6 is 0 Å². The molecule has 1 aliphatic rings. The summed E-state index contributed by atoms with van der Waals surface area (Å²) in [5.41, 5.74) is 0. The minimum Gasteiger partial charge on any atom is -0.369 e. The van der Waals surface area contributed by atoms with E-state index in [1.807, 2.05) is 13.8 Å². The van der Waals surface area contributed by atoms with Crippen molar-refractivity contribution < 1.29 is 9.53 Å². The third-order valence-corrected chi connectivity index (χ3v) is 1.34. The first-order valence-corrected chi connectivity index (χ1v) is 3.59. The highest BCUT2D eigenvalue weighted by molar-refractivity contribution is 5.79. The fourth-order valence-corrected chi connectivity index (χ4v) is 0.629. The standard InChI is InChI=1S/C7H13NO2/c1-6(2)10-5-7(9)8-3-4-8/h6H,3-5H2,1-2H3. The summed E-state index contributed by atoms with van der Waals surface area (Å²) in [4.78, 5) is 12.7. The number of carbonyl (C=O) groups is 1. The first-order valence-electron chi connectivity index (χ1n) is 3.59. The molecule has 0 unspecified atom stereocenters. The fraction of sp³-hybridized carbons (Fsp3) is 0.857. The van der Waals surface area contributed by atoms with Crippen molar-refractivity contribution in [2.75, 3.05) is 19.7 Å². The Hall–Kier alpha value is -0.570. The van der Waals surface area contributed by atoms with Gasteiger partial charge in [-0.3, -0.25) is 4.79 Å². The highest BCUT2D eigenvalue weighted by Gasteiger charge is 2.23. The zero-order valence-electron chi connectivity index (χ0n) is 6.46. The van der Waals surface area contributed by atoms with Crippen LogP contribution in [-0.4, -0.2) is 36.6 Å². The van der Waals surface area contributed by atoms with Gasteiger partial charge in [0.2, 0.25) is 5.91 Å². The number of ether oxygens (including phenoxy) is 1. The summed E-state index contributed by atoms with van der Waals surface area (Å²) in [6.07, 6.45) is 0.156. The molecule has 1 heterocycles. The first kappa shape index (κ1) is 7.54. The van der Waals surface area contributed by atoms with Crippen LogP contribution in [0, 0.1) is 0 Å². The minimum atomic E-state index is 0.119. The largest absolute Gasteiger partial charge is 0.369 e. The summed E-state index contributed by atoms with van der Waals surface area (Å²) in [5, 5.41) is 0. The van der Waals surface area contributed by atoms with E-state index in [1.54, 1.807) is 4.90 Å². The van der Waals surface area contributed by atoms with Crippen LogP contribution in [0.1, 0.15) is 13.8 Å². The highest BCUT2D eigenvalue weighted by Crippen LogP contribution is 2.03. The van der Waals surface area contributed by atoms with E-state index < -0.39 is 0 Å². The maximum absolute atomic E-state index is 10.9. The maximum Gasteiger partial charge on any atom is 0.248 e. The Morgan fingerprint density at radius 3 is 2.60 bits per heavy atom. The van der Waals surface area contributed by atoms with Gasteiger partial charge in [0, 0.05) is 13.1 Å². The Morgan fingerprint density at radius 2 is 2.20 bits per heavy atom. The smallest absolute Gasteiger partial charge is 0.248 e. The first-order chi connectivity index (χ1) is 4.70. The van der Waals surface area contributed by atoms with Crippen LogP contribution in [0.5, 0.6) is 0 Å². The van der Waals surface area contributed by atoms with Crippen LogP contribution in [-0.2, 0) is 9.53 Å². The van der Waals surface area contributed by atoms with E-state index in [9.17, 15) is 4.79 Å². The second-order valence-corrected chi connectivity index (χ2v) is 2.74. The van der Waals surface area contributed by atoms with E-state index >= 15 is 0 Å². The molecule has 0 aromatic carbocycles. The van der Waals surface area contributed by atoms with Gasteiger partial charge in [0.15, 0.2) is 0 Å². The van der Waals surface area contributed by atoms with Crippen molar-refractivity contribution in [1.82, 2.24) is 4.90 Å². The molecule has 0 spiro atoms. The second-order valence-electron chi connectivity index (χ2n) is 2.74. The number of carbonyl (C=O) groups excluding carboxylic acids is 1. The summed E-state index contributed by atoms with van der Waals surface area (Å²) in [6, 6.07) is 0. The number of amides is 1. The van der Waals surface area contributed by atoms with Crippen LogP contribution in [0.2, 0.25) is 0 Å². The van der Waals surface area contributed by atoms with Gasteiger partial charge in [-0.2, -0.15) is 0 Å². The van der Waals surface area contributed by atoms with Crippen molar-refractivity contribution in [1.29, 1.82) is 0 Å². The predicted molar refractivity (Wildman–Crippen MR) is 37.7 cm³/mol. The molecule has 0 atom stereocenters. The van der Waals surface area contributed by atoms with Gasteiger partial charge in [-0.05, 0) is 13.8 Å². The van der Waals surface area contributed by atoms with Gasteiger partial charge in [0.05, 0.1) is 6.10 Å². The average Bonchev–Trinajstić information content (AvgIpc) is 2.63. The monoisotopic (exact) mass is 143 g/mol. The van der Waals surface area contributed by atoms with Gasteiger partial charge < -0.3 is 9.64 Å². The molecular weight excluding hydrogens is 130 g/mol. The third-order valence-electron chi connectivity index (χ3n) is 1.34. The quantitative estimate of drug-likeness (QED) is 0.530. The Bertz CT molecular complexity index is 130. The lowest BCUT2D eigenvalue weighted by molar-refractivity contribution is -0.131. The molecule has 0 aromatic heterocycles. The molecule has 1 fully saturated rings. The number of nitrogens with zero attached hydrogens (tertiary/aromatic N) is 1. The lowest BCUT2D eigenvalue weighted by atomic mass is 10.5. The van der Waals surface area contributed by atoms with E-state index in [0.29, 0.717) is 0 Å². The molecule has 0 radical (unpaired) electrons. The van der Waals surface area contributed by atoms with E-state index in [4.69, 9.17) is 4.74 Å². The molecule has 3 heteroatoms. The van der Waals surface area contributed by atoms with Crippen molar-refractivity contribution in [2.24, 2.45) is 0 Å². The Kier molecular flexibility index (Phi) is 2.27. The molecule has 1 aliphatic heterocycles. The summed E-state index contributed by atoms with van der Waals surface area (Å²) in [5.74, 6) is 0.119. The van der Waals surface area contributed by atoms with Crippen molar-refractivity contribution >= 4 is 5.91 Å². The molecule has 0 aliphatic carbocycles. The Labute approximate surface area is 61.0 Å². The lowest BCUT2D eigenvalue weighted by Crippen LogP contribution is -2.19. The molecule has 10 heavy (non-hydrogen) atoms. The van der Waals surface area contributed by atoms with Gasteiger partial charge in [-0.25, -0.2) is 0 Å². The maximum atomic E-state index is 10.9. The van der Waals surface area contributed by atoms with E-state index in [1.165, 1.54) is 0 Å². The lowest BCUT2D eigenvalue weighted by Gasteiger charge is -2.05. The zero-order chi connectivity index (χ0) is 7.56. The van der Waals surface area contributed by atoms with Gasteiger partial charge in [-0.1, -0.05) is 0 Å². The molecule has 1 saturated heterocycles. The molecule has 0 saturated carbocycles.